The number of hydrogen-bond donors (Lipinski definition) is 0. The van der Waals surface area contributed by atoms with Crippen molar-refractivity contribution in [1.29, 1.82) is 0 Å². The molecule has 0 radical (unpaired) electrons. The minimum absolute atomic E-state index is 0.297. The largest absolute Gasteiger partial charge is 0.477 e. The normalized spacial score (nSPS) is 12.3. The summed E-state index contributed by atoms with van der Waals surface area (Å²) in [6.07, 6.45) is 1.15. The predicted octanol–water partition coefficient (Wildman–Crippen LogP) is 4.16. The summed E-state index contributed by atoms with van der Waals surface area (Å²) in [6.45, 7) is 8.76. The molecule has 0 heterocycles. The lowest BCUT2D eigenvalue weighted by Crippen LogP contribution is -2.11. The first-order chi connectivity index (χ1) is 6.53. The summed E-state index contributed by atoms with van der Waals surface area (Å²) in [4.78, 5) is 0. The fourth-order valence-electron chi connectivity index (χ4n) is 0.876. The summed E-state index contributed by atoms with van der Waals surface area (Å²) < 4.78 is 5.74. The van der Waals surface area contributed by atoms with Crippen LogP contribution < -0.4 is 4.52 Å². The monoisotopic (exact) mass is 210 g/mol. The molecule has 0 aliphatic heterocycles. The van der Waals surface area contributed by atoms with E-state index in [1.165, 1.54) is 5.56 Å². The van der Waals surface area contributed by atoms with E-state index in [0.717, 1.165) is 12.2 Å². The molecule has 1 aromatic carbocycles. The van der Waals surface area contributed by atoms with Crippen molar-refractivity contribution in [3.8, 4) is 5.75 Å². The average molecular weight is 210 g/mol. The molecule has 0 saturated heterocycles. The lowest BCUT2D eigenvalue weighted by molar-refractivity contribution is 0.569. The van der Waals surface area contributed by atoms with Crippen molar-refractivity contribution in [2.24, 2.45) is 0 Å². The third-order valence-corrected chi connectivity index (χ3v) is 3.59. The zero-order valence-electron chi connectivity index (χ0n) is 9.42. The summed E-state index contributed by atoms with van der Waals surface area (Å²) in [5.74, 6) is 0.982. The molecular weight excluding hydrogens is 191 g/mol. The van der Waals surface area contributed by atoms with Crippen LogP contribution in [0.2, 0.25) is 0 Å². The van der Waals surface area contributed by atoms with Gasteiger partial charge in [-0.25, -0.2) is 0 Å². The molecule has 1 unspecified atom stereocenters. The zero-order chi connectivity index (χ0) is 10.6. The fraction of sp³-hybridized carbons (Fsp3) is 0.500. The number of benzene rings is 1. The highest BCUT2D eigenvalue weighted by molar-refractivity contribution is 7.34. The number of rotatable bonds is 4. The van der Waals surface area contributed by atoms with E-state index in [2.05, 4.69) is 39.8 Å². The molecule has 2 heteroatoms. The van der Waals surface area contributed by atoms with Crippen LogP contribution in [0.25, 0.3) is 0 Å². The van der Waals surface area contributed by atoms with Gasteiger partial charge in [-0.15, -0.1) is 0 Å². The van der Waals surface area contributed by atoms with E-state index in [4.69, 9.17) is 4.52 Å². The van der Waals surface area contributed by atoms with E-state index in [-0.39, 0.29) is 0 Å². The highest BCUT2D eigenvalue weighted by Gasteiger charge is 2.16. The average Bonchev–Trinajstić information content (AvgIpc) is 2.17. The van der Waals surface area contributed by atoms with E-state index >= 15 is 0 Å². The Labute approximate surface area is 88.7 Å². The Bertz CT molecular complexity index is 277. The van der Waals surface area contributed by atoms with Crippen LogP contribution >= 0.6 is 8.81 Å². The van der Waals surface area contributed by atoms with Gasteiger partial charge >= 0.3 is 0 Å². The van der Waals surface area contributed by atoms with Crippen LogP contribution in [0.3, 0.4) is 0 Å². The molecule has 0 amide bonds. The molecule has 1 nitrogen and oxygen atoms in total. The SMILES string of the molecule is CCC(C)(C)POc1ccc(C)cc1. The van der Waals surface area contributed by atoms with E-state index < -0.39 is 0 Å². The van der Waals surface area contributed by atoms with Gasteiger partial charge in [0.1, 0.15) is 5.75 Å². The minimum atomic E-state index is 0.297. The first-order valence-corrected chi connectivity index (χ1v) is 5.95. The molecule has 0 spiro atoms. The summed E-state index contributed by atoms with van der Waals surface area (Å²) >= 11 is 0. The second-order valence-corrected chi connectivity index (χ2v) is 6.02. The van der Waals surface area contributed by atoms with Gasteiger partial charge in [-0.2, -0.15) is 0 Å². The summed E-state index contributed by atoms with van der Waals surface area (Å²) in [7, 11) is 0.533. The van der Waals surface area contributed by atoms with Gasteiger partial charge in [-0.1, -0.05) is 38.5 Å². The van der Waals surface area contributed by atoms with Crippen molar-refractivity contribution < 1.29 is 4.52 Å². The molecule has 0 saturated carbocycles. The second-order valence-electron chi connectivity index (χ2n) is 4.25. The highest BCUT2D eigenvalue weighted by Crippen LogP contribution is 2.35. The molecule has 0 aromatic heterocycles. The maximum Gasteiger partial charge on any atom is 0.122 e. The van der Waals surface area contributed by atoms with Crippen LogP contribution in [-0.2, 0) is 0 Å². The molecule has 0 N–H and O–H groups in total. The van der Waals surface area contributed by atoms with E-state index in [1.54, 1.807) is 0 Å². The Balaban J connectivity index is 2.50. The van der Waals surface area contributed by atoms with Crippen molar-refractivity contribution in [2.75, 3.05) is 0 Å². The molecule has 1 rings (SSSR count). The van der Waals surface area contributed by atoms with Crippen LogP contribution in [0.5, 0.6) is 5.75 Å². The lowest BCUT2D eigenvalue weighted by Gasteiger charge is -2.21. The molecule has 0 fully saturated rings. The van der Waals surface area contributed by atoms with Crippen LogP contribution in [-0.4, -0.2) is 5.16 Å². The molecule has 1 aromatic rings. The van der Waals surface area contributed by atoms with Crippen molar-refractivity contribution in [3.63, 3.8) is 0 Å². The van der Waals surface area contributed by atoms with Gasteiger partial charge in [0.15, 0.2) is 0 Å². The van der Waals surface area contributed by atoms with Gasteiger partial charge in [0.2, 0.25) is 0 Å². The fourth-order valence-corrected chi connectivity index (χ4v) is 1.55. The van der Waals surface area contributed by atoms with E-state index in [0.29, 0.717) is 14.0 Å². The summed E-state index contributed by atoms with van der Waals surface area (Å²) in [5.41, 5.74) is 1.27. The summed E-state index contributed by atoms with van der Waals surface area (Å²) in [6, 6.07) is 8.24. The number of hydrogen-bond acceptors (Lipinski definition) is 1. The third kappa shape index (κ3) is 3.67. The predicted molar refractivity (Wildman–Crippen MR) is 64.5 cm³/mol. The smallest absolute Gasteiger partial charge is 0.122 e. The minimum Gasteiger partial charge on any atom is -0.477 e. The number of aryl methyl sites for hydroxylation is 1. The molecule has 14 heavy (non-hydrogen) atoms. The molecule has 0 bridgehead atoms. The van der Waals surface area contributed by atoms with Gasteiger partial charge < -0.3 is 4.52 Å². The Kier molecular flexibility index (Phi) is 3.95. The Morgan fingerprint density at radius 2 is 1.79 bits per heavy atom. The molecule has 1 atom stereocenters. The summed E-state index contributed by atoms with van der Waals surface area (Å²) in [5, 5.41) is 0.297. The van der Waals surface area contributed by atoms with Gasteiger partial charge in [-0.3, -0.25) is 0 Å². The Morgan fingerprint density at radius 3 is 2.29 bits per heavy atom. The van der Waals surface area contributed by atoms with E-state index in [9.17, 15) is 0 Å². The van der Waals surface area contributed by atoms with Gasteiger partial charge in [0, 0.05) is 5.16 Å². The topological polar surface area (TPSA) is 9.23 Å². The maximum atomic E-state index is 5.74. The van der Waals surface area contributed by atoms with Crippen molar-refractivity contribution in [2.45, 2.75) is 39.3 Å². The second kappa shape index (κ2) is 4.79. The molecule has 0 aliphatic carbocycles. The quantitative estimate of drug-likeness (QED) is 0.678. The maximum absolute atomic E-state index is 5.74. The molecule has 0 aliphatic rings. The highest BCUT2D eigenvalue weighted by atomic mass is 31.1. The van der Waals surface area contributed by atoms with Crippen molar-refractivity contribution in [1.82, 2.24) is 0 Å². The first-order valence-electron chi connectivity index (χ1n) is 5.04. The van der Waals surface area contributed by atoms with Crippen LogP contribution in [0.15, 0.2) is 24.3 Å². The lowest BCUT2D eigenvalue weighted by atomic mass is 10.1. The molecule has 78 valence electrons. The Morgan fingerprint density at radius 1 is 1.21 bits per heavy atom. The van der Waals surface area contributed by atoms with Crippen molar-refractivity contribution in [3.05, 3.63) is 29.8 Å². The zero-order valence-corrected chi connectivity index (χ0v) is 10.4. The first kappa shape index (κ1) is 11.5. The van der Waals surface area contributed by atoms with Gasteiger partial charge in [0.25, 0.3) is 0 Å². The Hall–Kier alpha value is -0.550. The third-order valence-electron chi connectivity index (χ3n) is 2.35. The van der Waals surface area contributed by atoms with Crippen molar-refractivity contribution >= 4 is 8.81 Å². The molecular formula is C12H19OP. The van der Waals surface area contributed by atoms with Gasteiger partial charge in [0.05, 0.1) is 8.81 Å². The standard InChI is InChI=1S/C12H19OP/c1-5-12(3,4)14-13-11-8-6-10(2)7-9-11/h6-9,14H,5H2,1-4H3. The van der Waals surface area contributed by atoms with E-state index in [1.807, 2.05) is 12.1 Å². The van der Waals surface area contributed by atoms with Crippen LogP contribution in [0.1, 0.15) is 32.8 Å². The van der Waals surface area contributed by atoms with Crippen LogP contribution in [0.4, 0.5) is 0 Å². The van der Waals surface area contributed by atoms with Gasteiger partial charge in [-0.05, 0) is 25.5 Å². The van der Waals surface area contributed by atoms with Crippen LogP contribution in [0, 0.1) is 6.92 Å².